The van der Waals surface area contributed by atoms with Crippen molar-refractivity contribution in [2.45, 2.75) is 31.5 Å². The first-order valence-electron chi connectivity index (χ1n) is 12.2. The molecule has 1 aliphatic rings. The topological polar surface area (TPSA) is 110 Å². The largest absolute Gasteiger partial charge is 0.496 e. The molecule has 2 atom stereocenters. The quantitative estimate of drug-likeness (QED) is 0.415. The number of nitrogens with one attached hydrogen (secondary N) is 2. The van der Waals surface area contributed by atoms with E-state index in [-0.39, 0.29) is 30.9 Å². The van der Waals surface area contributed by atoms with E-state index in [1.165, 1.54) is 17.2 Å². The molecule has 0 bridgehead atoms. The first-order valence-corrected chi connectivity index (χ1v) is 12.2. The van der Waals surface area contributed by atoms with Crippen molar-refractivity contribution in [2.24, 2.45) is 0 Å². The van der Waals surface area contributed by atoms with E-state index in [9.17, 15) is 14.4 Å². The van der Waals surface area contributed by atoms with Crippen LogP contribution in [0.2, 0.25) is 0 Å². The van der Waals surface area contributed by atoms with Crippen molar-refractivity contribution in [2.75, 3.05) is 26.8 Å². The van der Waals surface area contributed by atoms with Crippen molar-refractivity contribution in [1.29, 1.82) is 0 Å². The molecule has 2 aromatic carbocycles. The van der Waals surface area contributed by atoms with Gasteiger partial charge in [-0.25, -0.2) is 0 Å². The smallest absolute Gasteiger partial charge is 0.287 e. The first kappa shape index (κ1) is 26.0. The van der Waals surface area contributed by atoms with Crippen LogP contribution in [0, 0.1) is 0 Å². The maximum Gasteiger partial charge on any atom is 0.287 e. The Morgan fingerprint density at radius 3 is 2.51 bits per heavy atom. The van der Waals surface area contributed by atoms with Gasteiger partial charge in [0.15, 0.2) is 5.76 Å². The Morgan fingerprint density at radius 2 is 1.81 bits per heavy atom. The van der Waals surface area contributed by atoms with E-state index in [0.29, 0.717) is 24.5 Å². The minimum Gasteiger partial charge on any atom is -0.496 e. The summed E-state index contributed by atoms with van der Waals surface area (Å²) >= 11 is 0. The molecule has 0 radical (unpaired) electrons. The van der Waals surface area contributed by atoms with E-state index in [4.69, 9.17) is 13.9 Å². The van der Waals surface area contributed by atoms with Crippen LogP contribution in [-0.4, -0.2) is 55.5 Å². The fraction of sp³-hybridized carbons (Fsp3) is 0.321. The van der Waals surface area contributed by atoms with Gasteiger partial charge in [-0.05, 0) is 36.6 Å². The van der Waals surface area contributed by atoms with E-state index in [1.807, 2.05) is 36.4 Å². The van der Waals surface area contributed by atoms with Crippen LogP contribution in [0.3, 0.4) is 0 Å². The Hall–Kier alpha value is -4.11. The Morgan fingerprint density at radius 1 is 1.03 bits per heavy atom. The molecular weight excluding hydrogens is 474 g/mol. The van der Waals surface area contributed by atoms with Crippen LogP contribution in [0.4, 0.5) is 0 Å². The number of benzene rings is 2. The Balaban J connectivity index is 1.62. The lowest BCUT2D eigenvalue weighted by Gasteiger charge is -2.32. The lowest BCUT2D eigenvalue weighted by Crippen LogP contribution is -2.48. The number of furan rings is 1. The third kappa shape index (κ3) is 6.77. The molecule has 1 fully saturated rings. The molecule has 194 valence electrons. The highest BCUT2D eigenvalue weighted by Gasteiger charge is 2.33. The second kappa shape index (κ2) is 12.7. The SMILES string of the molecule is COc1ccccc1CN(C(=O)CNC(=O)c1ccco1)[C@@H](C(=O)NC[C@H]1CCCO1)c1ccccc1. The van der Waals surface area contributed by atoms with Crippen molar-refractivity contribution < 1.29 is 28.3 Å². The molecule has 1 saturated heterocycles. The number of methoxy groups -OCH3 is 1. The summed E-state index contributed by atoms with van der Waals surface area (Å²) in [7, 11) is 1.55. The van der Waals surface area contributed by atoms with Crippen LogP contribution in [0.5, 0.6) is 5.75 Å². The highest BCUT2D eigenvalue weighted by Crippen LogP contribution is 2.27. The average molecular weight is 506 g/mol. The van der Waals surface area contributed by atoms with Gasteiger partial charge in [-0.15, -0.1) is 0 Å². The van der Waals surface area contributed by atoms with Gasteiger partial charge in [-0.2, -0.15) is 0 Å². The number of hydrogen-bond acceptors (Lipinski definition) is 6. The van der Waals surface area contributed by atoms with Crippen LogP contribution in [0.25, 0.3) is 0 Å². The summed E-state index contributed by atoms with van der Waals surface area (Å²) in [6.07, 6.45) is 3.16. The van der Waals surface area contributed by atoms with Crippen LogP contribution in [0.15, 0.2) is 77.4 Å². The van der Waals surface area contributed by atoms with E-state index < -0.39 is 17.9 Å². The van der Waals surface area contributed by atoms with Crippen LogP contribution < -0.4 is 15.4 Å². The van der Waals surface area contributed by atoms with Gasteiger partial charge in [0.2, 0.25) is 11.8 Å². The van der Waals surface area contributed by atoms with Crippen molar-refractivity contribution >= 4 is 17.7 Å². The molecule has 1 aliphatic heterocycles. The van der Waals surface area contributed by atoms with Gasteiger partial charge in [0.25, 0.3) is 5.91 Å². The third-order valence-electron chi connectivity index (χ3n) is 6.20. The van der Waals surface area contributed by atoms with Gasteiger partial charge >= 0.3 is 0 Å². The summed E-state index contributed by atoms with van der Waals surface area (Å²) in [6.45, 7) is 0.800. The monoisotopic (exact) mass is 505 g/mol. The minimum atomic E-state index is -0.944. The maximum absolute atomic E-state index is 13.6. The third-order valence-corrected chi connectivity index (χ3v) is 6.20. The van der Waals surface area contributed by atoms with Crippen molar-refractivity contribution in [3.05, 3.63) is 89.9 Å². The van der Waals surface area contributed by atoms with Gasteiger partial charge in [0.1, 0.15) is 11.8 Å². The molecule has 3 amide bonds. The average Bonchev–Trinajstić information content (AvgIpc) is 3.66. The number of para-hydroxylation sites is 1. The van der Waals surface area contributed by atoms with Crippen molar-refractivity contribution in [3.8, 4) is 5.75 Å². The number of ether oxygens (including phenoxy) is 2. The molecule has 0 aliphatic carbocycles. The number of amides is 3. The predicted octanol–water partition coefficient (Wildman–Crippen LogP) is 3.08. The molecule has 9 nitrogen and oxygen atoms in total. The highest BCUT2D eigenvalue weighted by atomic mass is 16.5. The number of carbonyl (C=O) groups is 3. The summed E-state index contributed by atoms with van der Waals surface area (Å²) < 4.78 is 16.3. The number of hydrogen-bond donors (Lipinski definition) is 2. The van der Waals surface area contributed by atoms with Gasteiger partial charge in [0, 0.05) is 18.7 Å². The van der Waals surface area contributed by atoms with E-state index in [2.05, 4.69) is 10.6 Å². The number of rotatable bonds is 11. The predicted molar refractivity (Wildman–Crippen MR) is 136 cm³/mol. The summed E-state index contributed by atoms with van der Waals surface area (Å²) in [6, 6.07) is 18.6. The van der Waals surface area contributed by atoms with Gasteiger partial charge in [-0.3, -0.25) is 14.4 Å². The van der Waals surface area contributed by atoms with Gasteiger partial charge in [0.05, 0.1) is 32.6 Å². The van der Waals surface area contributed by atoms with Gasteiger partial charge in [-0.1, -0.05) is 48.5 Å². The van der Waals surface area contributed by atoms with E-state index in [0.717, 1.165) is 18.4 Å². The molecule has 3 aromatic rings. The summed E-state index contributed by atoms with van der Waals surface area (Å²) in [5.74, 6) is -0.603. The van der Waals surface area contributed by atoms with Crippen LogP contribution >= 0.6 is 0 Å². The molecule has 9 heteroatoms. The zero-order valence-corrected chi connectivity index (χ0v) is 20.7. The lowest BCUT2D eigenvalue weighted by molar-refractivity contribution is -0.141. The standard InChI is InChI=1S/C28H31N3O6/c1-35-23-13-6-5-11-21(23)19-31(25(32)18-30-27(33)24-14-8-16-37-24)26(20-9-3-2-4-10-20)28(34)29-17-22-12-7-15-36-22/h2-6,8-11,13-14,16,22,26H,7,12,15,17-19H2,1H3,(H,29,34)(H,30,33)/t22-,26-/m1/s1. The normalized spacial score (nSPS) is 15.5. The molecule has 4 rings (SSSR count). The molecule has 0 spiro atoms. The number of carbonyl (C=O) groups excluding carboxylic acids is 3. The fourth-order valence-electron chi connectivity index (χ4n) is 4.32. The van der Waals surface area contributed by atoms with Crippen LogP contribution in [-0.2, 0) is 20.9 Å². The molecule has 2 heterocycles. The Kier molecular flexibility index (Phi) is 8.93. The van der Waals surface area contributed by atoms with Gasteiger partial charge < -0.3 is 29.4 Å². The first-order chi connectivity index (χ1) is 18.1. The molecule has 2 N–H and O–H groups in total. The Labute approximate surface area is 215 Å². The Bertz CT molecular complexity index is 1180. The zero-order valence-electron chi connectivity index (χ0n) is 20.7. The fourth-order valence-corrected chi connectivity index (χ4v) is 4.32. The summed E-state index contributed by atoms with van der Waals surface area (Å²) in [5, 5.41) is 5.56. The van der Waals surface area contributed by atoms with Crippen molar-refractivity contribution in [3.63, 3.8) is 0 Å². The molecular formula is C28H31N3O6. The molecule has 1 aromatic heterocycles. The highest BCUT2D eigenvalue weighted by molar-refractivity contribution is 5.95. The summed E-state index contributed by atoms with van der Waals surface area (Å²) in [5.41, 5.74) is 1.37. The van der Waals surface area contributed by atoms with E-state index >= 15 is 0 Å². The zero-order chi connectivity index (χ0) is 26.0. The lowest BCUT2D eigenvalue weighted by atomic mass is 10.0. The number of nitrogens with zero attached hydrogens (tertiary/aromatic N) is 1. The molecule has 37 heavy (non-hydrogen) atoms. The minimum absolute atomic E-state index is 0.0497. The second-order valence-corrected chi connectivity index (χ2v) is 8.69. The van der Waals surface area contributed by atoms with Crippen molar-refractivity contribution in [1.82, 2.24) is 15.5 Å². The summed E-state index contributed by atoms with van der Waals surface area (Å²) in [4.78, 5) is 41.1. The van der Waals surface area contributed by atoms with E-state index in [1.54, 1.807) is 31.4 Å². The van der Waals surface area contributed by atoms with Crippen LogP contribution in [0.1, 0.15) is 40.6 Å². The second-order valence-electron chi connectivity index (χ2n) is 8.69. The molecule has 0 saturated carbocycles. The maximum atomic E-state index is 13.6. The molecule has 0 unspecified atom stereocenters.